The molecule has 2 atom stereocenters. The van der Waals surface area contributed by atoms with Crippen LogP contribution < -0.4 is 15.5 Å². The Balaban J connectivity index is 1.50. The lowest BCUT2D eigenvalue weighted by atomic mass is 10.2. The topological polar surface area (TPSA) is 39.7 Å². The zero-order valence-electron chi connectivity index (χ0n) is 12.8. The predicted molar refractivity (Wildman–Crippen MR) is 88.7 cm³/mol. The van der Waals surface area contributed by atoms with Crippen molar-refractivity contribution in [2.75, 3.05) is 25.0 Å². The highest BCUT2D eigenvalue weighted by Crippen LogP contribution is 2.28. The molecule has 2 N–H and O–H groups in total. The Bertz CT molecular complexity index is 524. The zero-order chi connectivity index (χ0) is 14.7. The number of hydrogen-bond acceptors (Lipinski definition) is 2. The molecule has 1 saturated carbocycles. The predicted octanol–water partition coefficient (Wildman–Crippen LogP) is 2.14. The Labute approximate surface area is 126 Å². The first-order valence-electron chi connectivity index (χ1n) is 7.72. The van der Waals surface area contributed by atoms with Gasteiger partial charge in [0.25, 0.3) is 0 Å². The number of anilines is 1. The van der Waals surface area contributed by atoms with Crippen LogP contribution in [0.15, 0.2) is 41.4 Å². The van der Waals surface area contributed by atoms with Gasteiger partial charge in [-0.25, -0.2) is 0 Å². The van der Waals surface area contributed by atoms with Crippen LogP contribution in [0.1, 0.15) is 18.9 Å². The van der Waals surface area contributed by atoms with Crippen molar-refractivity contribution in [2.24, 2.45) is 10.9 Å². The van der Waals surface area contributed by atoms with Crippen molar-refractivity contribution in [3.05, 3.63) is 42.0 Å². The number of aliphatic imine (C=N–C) groups is 1. The number of nitrogens with one attached hydrogen (secondary N) is 2. The lowest BCUT2D eigenvalue weighted by Gasteiger charge is -2.18. The highest BCUT2D eigenvalue weighted by Gasteiger charge is 2.33. The van der Waals surface area contributed by atoms with E-state index in [9.17, 15) is 0 Å². The molecule has 2 unspecified atom stereocenters. The van der Waals surface area contributed by atoms with E-state index >= 15 is 0 Å². The fourth-order valence-corrected chi connectivity index (χ4v) is 2.59. The second kappa shape index (κ2) is 6.20. The fraction of sp³-hybridized carbons (Fsp3) is 0.471. The summed E-state index contributed by atoms with van der Waals surface area (Å²) in [4.78, 5) is 6.63. The molecular weight excluding hydrogens is 260 g/mol. The SMILES string of the molecule is CN=C(NCc1ccc(N2CC=CC2)cc1)NC1CC1C. The molecule has 1 aromatic rings. The van der Waals surface area contributed by atoms with E-state index in [2.05, 4.69) is 63.9 Å². The van der Waals surface area contributed by atoms with Crippen molar-refractivity contribution in [1.29, 1.82) is 0 Å². The maximum Gasteiger partial charge on any atom is 0.191 e. The van der Waals surface area contributed by atoms with Crippen LogP contribution in [0.25, 0.3) is 0 Å². The van der Waals surface area contributed by atoms with Crippen LogP contribution >= 0.6 is 0 Å². The maximum atomic E-state index is 4.28. The first-order chi connectivity index (χ1) is 10.3. The monoisotopic (exact) mass is 284 g/mol. The lowest BCUT2D eigenvalue weighted by molar-refractivity contribution is 0.763. The van der Waals surface area contributed by atoms with Gasteiger partial charge >= 0.3 is 0 Å². The van der Waals surface area contributed by atoms with Gasteiger partial charge in [0.05, 0.1) is 0 Å². The Kier molecular flexibility index (Phi) is 4.13. The molecule has 4 heteroatoms. The Morgan fingerprint density at radius 3 is 2.48 bits per heavy atom. The summed E-state index contributed by atoms with van der Waals surface area (Å²) in [5.74, 6) is 1.68. The summed E-state index contributed by atoms with van der Waals surface area (Å²) in [5, 5.41) is 6.82. The highest BCUT2D eigenvalue weighted by molar-refractivity contribution is 5.80. The third-order valence-corrected chi connectivity index (χ3v) is 4.23. The van der Waals surface area contributed by atoms with Crippen LogP contribution in [0.4, 0.5) is 5.69 Å². The molecule has 1 fully saturated rings. The van der Waals surface area contributed by atoms with Gasteiger partial charge in [-0.2, -0.15) is 0 Å². The van der Waals surface area contributed by atoms with Crippen LogP contribution in [0.3, 0.4) is 0 Å². The average molecular weight is 284 g/mol. The number of benzene rings is 1. The van der Waals surface area contributed by atoms with E-state index < -0.39 is 0 Å². The van der Waals surface area contributed by atoms with Gasteiger partial charge < -0.3 is 15.5 Å². The first kappa shape index (κ1) is 14.0. The van der Waals surface area contributed by atoms with Gasteiger partial charge in [-0.1, -0.05) is 31.2 Å². The van der Waals surface area contributed by atoms with Crippen LogP contribution in [0.2, 0.25) is 0 Å². The summed E-state index contributed by atoms with van der Waals surface area (Å²) >= 11 is 0. The molecule has 21 heavy (non-hydrogen) atoms. The van der Waals surface area contributed by atoms with Crippen molar-refractivity contribution in [1.82, 2.24) is 10.6 Å². The Morgan fingerprint density at radius 1 is 1.24 bits per heavy atom. The number of guanidine groups is 1. The summed E-state index contributed by atoms with van der Waals surface area (Å²) in [6.07, 6.45) is 5.67. The zero-order valence-corrected chi connectivity index (χ0v) is 12.8. The van der Waals surface area contributed by atoms with Crippen molar-refractivity contribution in [3.8, 4) is 0 Å². The molecule has 1 aromatic carbocycles. The summed E-state index contributed by atoms with van der Waals surface area (Å²) < 4.78 is 0. The molecule has 1 aliphatic carbocycles. The molecule has 0 saturated heterocycles. The molecule has 0 spiro atoms. The second-order valence-electron chi connectivity index (χ2n) is 5.93. The van der Waals surface area contributed by atoms with Crippen molar-refractivity contribution >= 4 is 11.6 Å². The Morgan fingerprint density at radius 2 is 1.90 bits per heavy atom. The number of hydrogen-bond donors (Lipinski definition) is 2. The summed E-state index contributed by atoms with van der Waals surface area (Å²) in [7, 11) is 1.83. The molecular formula is C17H24N4. The highest BCUT2D eigenvalue weighted by atomic mass is 15.2. The van der Waals surface area contributed by atoms with Gasteiger partial charge in [-0.3, -0.25) is 4.99 Å². The van der Waals surface area contributed by atoms with E-state index in [-0.39, 0.29) is 0 Å². The molecule has 2 aliphatic rings. The van der Waals surface area contributed by atoms with Gasteiger partial charge in [-0.15, -0.1) is 0 Å². The van der Waals surface area contributed by atoms with Crippen LogP contribution in [-0.4, -0.2) is 32.1 Å². The molecule has 1 heterocycles. The minimum absolute atomic E-state index is 0.598. The van der Waals surface area contributed by atoms with E-state index in [0.717, 1.165) is 31.5 Å². The minimum atomic E-state index is 0.598. The fourth-order valence-electron chi connectivity index (χ4n) is 2.59. The maximum absolute atomic E-state index is 4.28. The van der Waals surface area contributed by atoms with Crippen LogP contribution in [0, 0.1) is 5.92 Å². The van der Waals surface area contributed by atoms with Gasteiger partial charge in [-0.05, 0) is 30.0 Å². The van der Waals surface area contributed by atoms with Crippen molar-refractivity contribution < 1.29 is 0 Å². The van der Waals surface area contributed by atoms with E-state index in [1.807, 2.05) is 7.05 Å². The third kappa shape index (κ3) is 3.57. The molecule has 0 amide bonds. The van der Waals surface area contributed by atoms with Crippen LogP contribution in [-0.2, 0) is 6.54 Å². The normalized spacial score (nSPS) is 24.3. The number of nitrogens with zero attached hydrogens (tertiary/aromatic N) is 2. The van der Waals surface area contributed by atoms with E-state index in [1.165, 1.54) is 17.7 Å². The summed E-state index contributed by atoms with van der Waals surface area (Å²) in [6.45, 7) is 5.11. The quantitative estimate of drug-likeness (QED) is 0.505. The number of rotatable bonds is 4. The molecule has 3 rings (SSSR count). The molecule has 4 nitrogen and oxygen atoms in total. The van der Waals surface area contributed by atoms with Gasteiger partial charge in [0.15, 0.2) is 5.96 Å². The van der Waals surface area contributed by atoms with E-state index in [4.69, 9.17) is 0 Å². The molecule has 0 radical (unpaired) electrons. The molecule has 1 aliphatic heterocycles. The van der Waals surface area contributed by atoms with E-state index in [1.54, 1.807) is 0 Å². The van der Waals surface area contributed by atoms with Crippen LogP contribution in [0.5, 0.6) is 0 Å². The van der Waals surface area contributed by atoms with Crippen molar-refractivity contribution in [2.45, 2.75) is 25.9 Å². The lowest BCUT2D eigenvalue weighted by Crippen LogP contribution is -2.38. The van der Waals surface area contributed by atoms with Gasteiger partial charge in [0.2, 0.25) is 0 Å². The molecule has 0 bridgehead atoms. The smallest absolute Gasteiger partial charge is 0.191 e. The van der Waals surface area contributed by atoms with Gasteiger partial charge in [0.1, 0.15) is 0 Å². The Hall–Kier alpha value is -1.97. The summed E-state index contributed by atoms with van der Waals surface area (Å²) in [5.41, 5.74) is 2.57. The second-order valence-corrected chi connectivity index (χ2v) is 5.93. The average Bonchev–Trinajstić information content (AvgIpc) is 2.99. The van der Waals surface area contributed by atoms with E-state index in [0.29, 0.717) is 6.04 Å². The molecule has 0 aromatic heterocycles. The standard InChI is InChI=1S/C17H24N4/c1-13-11-16(13)20-17(18-2)19-12-14-5-7-15(8-6-14)21-9-3-4-10-21/h3-8,13,16H,9-12H2,1-2H3,(H2,18,19,20). The minimum Gasteiger partial charge on any atom is -0.364 e. The first-order valence-corrected chi connectivity index (χ1v) is 7.72. The molecule has 112 valence electrons. The summed E-state index contributed by atoms with van der Waals surface area (Å²) in [6, 6.07) is 9.37. The largest absolute Gasteiger partial charge is 0.364 e. The van der Waals surface area contributed by atoms with Crippen molar-refractivity contribution in [3.63, 3.8) is 0 Å². The van der Waals surface area contributed by atoms with Gasteiger partial charge in [0, 0.05) is 38.4 Å². The third-order valence-electron chi connectivity index (χ3n) is 4.23.